The fourth-order valence-electron chi connectivity index (χ4n) is 3.75. The summed E-state index contributed by atoms with van der Waals surface area (Å²) in [6.07, 6.45) is 0.667. The van der Waals surface area contributed by atoms with E-state index in [1.165, 1.54) is 18.9 Å². The number of fused-ring (bicyclic) bond motifs is 1. The molecule has 6 nitrogen and oxygen atoms in total. The number of hydrogen-bond acceptors (Lipinski definition) is 5. The second-order valence-electron chi connectivity index (χ2n) is 7.74. The van der Waals surface area contributed by atoms with Gasteiger partial charge in [-0.2, -0.15) is 0 Å². The molecule has 0 aliphatic carbocycles. The van der Waals surface area contributed by atoms with Crippen LogP contribution in [-0.2, 0) is 16.0 Å². The van der Waals surface area contributed by atoms with Gasteiger partial charge in [-0.25, -0.2) is 4.79 Å². The smallest absolute Gasteiger partial charge is 0.337 e. The van der Waals surface area contributed by atoms with E-state index >= 15 is 0 Å². The number of aryl methyl sites for hydroxylation is 1. The van der Waals surface area contributed by atoms with Crippen molar-refractivity contribution in [1.29, 1.82) is 0 Å². The number of rotatable bonds is 6. The predicted molar refractivity (Wildman–Crippen MR) is 130 cm³/mol. The van der Waals surface area contributed by atoms with Crippen molar-refractivity contribution in [3.8, 4) is 0 Å². The van der Waals surface area contributed by atoms with Gasteiger partial charge < -0.3 is 15.0 Å². The Morgan fingerprint density at radius 1 is 1.03 bits per heavy atom. The van der Waals surface area contributed by atoms with Crippen LogP contribution >= 0.6 is 11.8 Å². The quantitative estimate of drug-likeness (QED) is 0.426. The number of hydrogen-bond donors (Lipinski definition) is 1. The van der Waals surface area contributed by atoms with Gasteiger partial charge in [0, 0.05) is 22.8 Å². The molecule has 0 fully saturated rings. The number of carbonyl (C=O) groups is 3. The van der Waals surface area contributed by atoms with Crippen molar-refractivity contribution in [2.24, 2.45) is 0 Å². The number of carbonyl (C=O) groups excluding carboxylic acids is 3. The van der Waals surface area contributed by atoms with E-state index in [1.807, 2.05) is 49.4 Å². The van der Waals surface area contributed by atoms with E-state index < -0.39 is 5.97 Å². The molecule has 0 aromatic heterocycles. The molecule has 1 heterocycles. The zero-order valence-electron chi connectivity index (χ0n) is 18.5. The average Bonchev–Trinajstić information content (AvgIpc) is 3.26. The lowest BCUT2D eigenvalue weighted by Gasteiger charge is -2.19. The summed E-state index contributed by atoms with van der Waals surface area (Å²) in [6, 6.07) is 20.2. The van der Waals surface area contributed by atoms with E-state index in [4.69, 9.17) is 4.74 Å². The van der Waals surface area contributed by atoms with Gasteiger partial charge in [0.25, 0.3) is 5.91 Å². The number of methoxy groups -OCH3 is 1. The summed E-state index contributed by atoms with van der Waals surface area (Å²) in [6.45, 7) is 2.53. The molecule has 1 aliphatic heterocycles. The van der Waals surface area contributed by atoms with E-state index in [2.05, 4.69) is 5.32 Å². The molecule has 7 heteroatoms. The molecule has 0 spiro atoms. The fraction of sp³-hybridized carbons (Fsp3) is 0.192. The van der Waals surface area contributed by atoms with Crippen LogP contribution in [0.4, 0.5) is 11.4 Å². The lowest BCUT2D eigenvalue weighted by atomic mass is 10.1. The van der Waals surface area contributed by atoms with Crippen LogP contribution in [0.15, 0.2) is 71.6 Å². The van der Waals surface area contributed by atoms with Crippen LogP contribution in [0.25, 0.3) is 0 Å². The summed E-state index contributed by atoms with van der Waals surface area (Å²) in [4.78, 5) is 40.1. The Morgan fingerprint density at radius 3 is 2.55 bits per heavy atom. The number of ether oxygens (including phenoxy) is 1. The minimum atomic E-state index is -0.395. The lowest BCUT2D eigenvalue weighted by Crippen LogP contribution is -2.29. The summed E-state index contributed by atoms with van der Waals surface area (Å²) in [5.41, 5.74) is 4.63. The molecule has 1 N–H and O–H groups in total. The highest BCUT2D eigenvalue weighted by Gasteiger charge is 2.28. The van der Waals surface area contributed by atoms with Crippen LogP contribution in [0.5, 0.6) is 0 Å². The SMILES string of the molecule is COC(=O)c1ccc2c(c1)CCN2C(=O)c1ccccc1SCC(=O)Nc1ccc(C)cc1. The van der Waals surface area contributed by atoms with Crippen LogP contribution < -0.4 is 10.2 Å². The first kappa shape index (κ1) is 22.6. The number of amides is 2. The normalized spacial score (nSPS) is 12.2. The van der Waals surface area contributed by atoms with Gasteiger partial charge in [0.1, 0.15) is 0 Å². The molecule has 0 saturated carbocycles. The standard InChI is InChI=1S/C26H24N2O4S/c1-17-7-10-20(11-8-17)27-24(29)16-33-23-6-4-3-5-21(23)25(30)28-14-13-18-15-19(26(31)32-2)9-12-22(18)28/h3-12,15H,13-14,16H2,1-2H3,(H,27,29). The molecule has 0 saturated heterocycles. The van der Waals surface area contributed by atoms with E-state index in [-0.39, 0.29) is 17.6 Å². The third-order valence-electron chi connectivity index (χ3n) is 5.45. The summed E-state index contributed by atoms with van der Waals surface area (Å²) in [7, 11) is 1.35. The molecule has 2 amide bonds. The van der Waals surface area contributed by atoms with Crippen LogP contribution in [0, 0.1) is 6.92 Å². The third-order valence-corrected chi connectivity index (χ3v) is 6.53. The second kappa shape index (κ2) is 9.92. The van der Waals surface area contributed by atoms with E-state index in [0.29, 0.717) is 24.1 Å². The highest BCUT2D eigenvalue weighted by Crippen LogP contribution is 2.32. The molecule has 33 heavy (non-hydrogen) atoms. The van der Waals surface area contributed by atoms with E-state index in [9.17, 15) is 14.4 Å². The number of thioether (sulfide) groups is 1. The van der Waals surface area contributed by atoms with Gasteiger partial charge in [-0.3, -0.25) is 9.59 Å². The van der Waals surface area contributed by atoms with Crippen molar-refractivity contribution >= 4 is 40.9 Å². The second-order valence-corrected chi connectivity index (χ2v) is 8.76. The molecular weight excluding hydrogens is 436 g/mol. The number of nitrogens with zero attached hydrogens (tertiary/aromatic N) is 1. The molecule has 168 valence electrons. The molecule has 3 aromatic carbocycles. The first-order valence-corrected chi connectivity index (χ1v) is 11.6. The number of benzene rings is 3. The zero-order chi connectivity index (χ0) is 23.4. The Balaban J connectivity index is 1.46. The van der Waals surface area contributed by atoms with Crippen molar-refractivity contribution in [3.63, 3.8) is 0 Å². The largest absolute Gasteiger partial charge is 0.465 e. The highest BCUT2D eigenvalue weighted by molar-refractivity contribution is 8.00. The first-order valence-electron chi connectivity index (χ1n) is 10.6. The summed E-state index contributed by atoms with van der Waals surface area (Å²) in [5, 5.41) is 2.88. The first-order chi connectivity index (χ1) is 16.0. The molecular formula is C26H24N2O4S. The van der Waals surface area contributed by atoms with Gasteiger partial charge in [-0.15, -0.1) is 11.8 Å². The van der Waals surface area contributed by atoms with Crippen LogP contribution in [0.2, 0.25) is 0 Å². The summed E-state index contributed by atoms with van der Waals surface area (Å²) in [5.74, 6) is -0.458. The fourth-order valence-corrected chi connectivity index (χ4v) is 4.59. The van der Waals surface area contributed by atoms with Crippen molar-refractivity contribution in [2.45, 2.75) is 18.2 Å². The third kappa shape index (κ3) is 5.09. The molecule has 3 aromatic rings. The number of esters is 1. The average molecular weight is 461 g/mol. The van der Waals surface area contributed by atoms with Crippen LogP contribution in [0.3, 0.4) is 0 Å². The number of nitrogens with one attached hydrogen (secondary N) is 1. The Labute approximate surface area is 196 Å². The topological polar surface area (TPSA) is 75.7 Å². The van der Waals surface area contributed by atoms with Crippen molar-refractivity contribution in [3.05, 3.63) is 89.0 Å². The van der Waals surface area contributed by atoms with Crippen molar-refractivity contribution in [1.82, 2.24) is 0 Å². The Morgan fingerprint density at radius 2 is 1.79 bits per heavy atom. The Bertz CT molecular complexity index is 1210. The minimum Gasteiger partial charge on any atom is -0.465 e. The predicted octanol–water partition coefficient (Wildman–Crippen LogP) is 4.72. The van der Waals surface area contributed by atoms with Gasteiger partial charge in [0.05, 0.1) is 24.0 Å². The highest BCUT2D eigenvalue weighted by atomic mass is 32.2. The van der Waals surface area contributed by atoms with Gasteiger partial charge in [0.15, 0.2) is 0 Å². The summed E-state index contributed by atoms with van der Waals surface area (Å²) < 4.78 is 4.79. The maximum Gasteiger partial charge on any atom is 0.337 e. The molecule has 4 rings (SSSR count). The van der Waals surface area contributed by atoms with Crippen LogP contribution in [-0.4, -0.2) is 37.2 Å². The van der Waals surface area contributed by atoms with E-state index in [1.54, 1.807) is 29.2 Å². The number of anilines is 2. The van der Waals surface area contributed by atoms with Gasteiger partial charge in [-0.05, 0) is 61.4 Å². The lowest BCUT2D eigenvalue weighted by molar-refractivity contribution is -0.113. The zero-order valence-corrected chi connectivity index (χ0v) is 19.3. The molecule has 0 radical (unpaired) electrons. The van der Waals surface area contributed by atoms with Crippen LogP contribution in [0.1, 0.15) is 31.8 Å². The Hall–Kier alpha value is -3.58. The minimum absolute atomic E-state index is 0.124. The van der Waals surface area contributed by atoms with E-state index in [0.717, 1.165) is 27.4 Å². The Kier molecular flexibility index (Phi) is 6.79. The molecule has 1 aliphatic rings. The molecule has 0 bridgehead atoms. The summed E-state index contributed by atoms with van der Waals surface area (Å²) >= 11 is 1.33. The van der Waals surface area contributed by atoms with Gasteiger partial charge >= 0.3 is 5.97 Å². The molecule has 0 unspecified atom stereocenters. The molecule has 0 atom stereocenters. The maximum atomic E-state index is 13.4. The van der Waals surface area contributed by atoms with Gasteiger partial charge in [0.2, 0.25) is 5.91 Å². The van der Waals surface area contributed by atoms with Gasteiger partial charge in [-0.1, -0.05) is 29.8 Å². The monoisotopic (exact) mass is 460 g/mol. The van der Waals surface area contributed by atoms with Crippen molar-refractivity contribution < 1.29 is 19.1 Å². The maximum absolute atomic E-state index is 13.4. The van der Waals surface area contributed by atoms with Crippen molar-refractivity contribution in [2.75, 3.05) is 29.6 Å².